The minimum absolute atomic E-state index is 0.157. The number of hydrogen-bond donors (Lipinski definition) is 1. The van der Waals surface area contributed by atoms with Crippen LogP contribution < -0.4 is 19.7 Å². The maximum Gasteiger partial charge on any atom is 0.338 e. The molecule has 8 heteroatoms. The zero-order valence-corrected chi connectivity index (χ0v) is 18.8. The summed E-state index contributed by atoms with van der Waals surface area (Å²) in [5.41, 5.74) is 2.80. The van der Waals surface area contributed by atoms with Gasteiger partial charge in [0.25, 0.3) is 0 Å². The van der Waals surface area contributed by atoms with Crippen molar-refractivity contribution in [1.29, 1.82) is 0 Å². The van der Waals surface area contributed by atoms with Crippen LogP contribution in [0.25, 0.3) is 0 Å². The minimum Gasteiger partial charge on any atom is -0.497 e. The van der Waals surface area contributed by atoms with Gasteiger partial charge in [0.05, 0.1) is 32.4 Å². The Balaban J connectivity index is 2.06. The maximum absolute atomic E-state index is 13.1. The monoisotopic (exact) mass is 442 g/mol. The van der Waals surface area contributed by atoms with E-state index in [2.05, 4.69) is 5.32 Å². The van der Waals surface area contributed by atoms with Crippen molar-refractivity contribution < 1.29 is 23.7 Å². The fraction of sp³-hybridized carbons (Fsp3) is 0.304. The number of rotatable bonds is 8. The molecule has 0 spiro atoms. The molecule has 1 aliphatic heterocycles. The van der Waals surface area contributed by atoms with Crippen molar-refractivity contribution in [1.82, 2.24) is 5.32 Å². The van der Waals surface area contributed by atoms with Crippen molar-refractivity contribution in [3.8, 4) is 11.5 Å². The summed E-state index contributed by atoms with van der Waals surface area (Å²) >= 11 is 5.68. The zero-order chi connectivity index (χ0) is 22.4. The first-order valence-corrected chi connectivity index (χ1v) is 10.2. The molecule has 1 unspecified atom stereocenters. The van der Waals surface area contributed by atoms with Crippen molar-refractivity contribution in [3.05, 3.63) is 65.4 Å². The Hall–Kier alpha value is -3.10. The molecule has 1 atom stereocenters. The third kappa shape index (κ3) is 4.98. The number of methoxy groups -OCH3 is 3. The number of thiocarbonyl (C=S) groups is 1. The Bertz CT molecular complexity index is 974. The van der Waals surface area contributed by atoms with Gasteiger partial charge in [0.15, 0.2) is 5.11 Å². The van der Waals surface area contributed by atoms with Crippen LogP contribution in [0, 0.1) is 0 Å². The van der Waals surface area contributed by atoms with E-state index in [1.165, 1.54) is 0 Å². The molecule has 0 bridgehead atoms. The smallest absolute Gasteiger partial charge is 0.338 e. The molecule has 0 aromatic heterocycles. The maximum atomic E-state index is 13.1. The lowest BCUT2D eigenvalue weighted by atomic mass is 9.94. The molecule has 0 fully saturated rings. The first kappa shape index (κ1) is 22.6. The summed E-state index contributed by atoms with van der Waals surface area (Å²) in [6, 6.07) is 14.5. The van der Waals surface area contributed by atoms with Crippen molar-refractivity contribution in [3.63, 3.8) is 0 Å². The Morgan fingerprint density at radius 3 is 2.39 bits per heavy atom. The van der Waals surface area contributed by atoms with E-state index in [0.717, 1.165) is 17.0 Å². The molecule has 1 N–H and O–H groups in total. The average Bonchev–Trinajstić information content (AvgIpc) is 2.79. The van der Waals surface area contributed by atoms with Gasteiger partial charge in [-0.25, -0.2) is 4.79 Å². The van der Waals surface area contributed by atoms with E-state index in [4.69, 9.17) is 31.2 Å². The molecule has 1 aliphatic rings. The van der Waals surface area contributed by atoms with Crippen LogP contribution in [0.4, 0.5) is 5.69 Å². The number of carbonyl (C=O) groups is 1. The second-order valence-electron chi connectivity index (χ2n) is 6.82. The highest BCUT2D eigenvalue weighted by atomic mass is 32.1. The fourth-order valence-corrected chi connectivity index (χ4v) is 3.78. The van der Waals surface area contributed by atoms with E-state index in [1.807, 2.05) is 60.4 Å². The number of hydrogen-bond acceptors (Lipinski definition) is 6. The van der Waals surface area contributed by atoms with Gasteiger partial charge in [-0.3, -0.25) is 4.90 Å². The normalized spacial score (nSPS) is 16.1. The molecular formula is C23H26N2O5S. The number of anilines is 1. The lowest BCUT2D eigenvalue weighted by molar-refractivity contribution is -0.140. The van der Waals surface area contributed by atoms with E-state index in [-0.39, 0.29) is 6.61 Å². The van der Waals surface area contributed by atoms with E-state index in [1.54, 1.807) is 21.3 Å². The Labute approximate surface area is 187 Å². The van der Waals surface area contributed by atoms with E-state index in [9.17, 15) is 4.79 Å². The first-order valence-electron chi connectivity index (χ1n) is 9.75. The van der Waals surface area contributed by atoms with Crippen LogP contribution in [0.15, 0.2) is 59.8 Å². The van der Waals surface area contributed by atoms with E-state index in [0.29, 0.717) is 28.7 Å². The van der Waals surface area contributed by atoms with Crippen molar-refractivity contribution in [2.75, 3.05) is 39.4 Å². The topological polar surface area (TPSA) is 69.3 Å². The molecule has 0 amide bonds. The molecule has 7 nitrogen and oxygen atoms in total. The number of benzene rings is 2. The number of ether oxygens (including phenoxy) is 4. The molecule has 1 heterocycles. The van der Waals surface area contributed by atoms with Gasteiger partial charge in [0.2, 0.25) is 0 Å². The molecule has 0 saturated heterocycles. The molecule has 2 aromatic rings. The molecule has 0 radical (unpaired) electrons. The van der Waals surface area contributed by atoms with Crippen LogP contribution in [-0.2, 0) is 14.3 Å². The van der Waals surface area contributed by atoms with Gasteiger partial charge in [-0.2, -0.15) is 0 Å². The minimum atomic E-state index is -0.479. The van der Waals surface area contributed by atoms with Crippen LogP contribution in [0.3, 0.4) is 0 Å². The van der Waals surface area contributed by atoms with Gasteiger partial charge in [-0.1, -0.05) is 12.1 Å². The zero-order valence-electron chi connectivity index (χ0n) is 18.0. The molecule has 2 aromatic carbocycles. The van der Waals surface area contributed by atoms with Crippen molar-refractivity contribution in [2.45, 2.75) is 13.0 Å². The van der Waals surface area contributed by atoms with Gasteiger partial charge in [-0.15, -0.1) is 0 Å². The van der Waals surface area contributed by atoms with Crippen LogP contribution in [-0.4, -0.2) is 45.6 Å². The van der Waals surface area contributed by atoms with Gasteiger partial charge < -0.3 is 24.3 Å². The highest BCUT2D eigenvalue weighted by Crippen LogP contribution is 2.35. The first-order chi connectivity index (χ1) is 15.0. The van der Waals surface area contributed by atoms with E-state index < -0.39 is 12.0 Å². The third-order valence-electron chi connectivity index (χ3n) is 4.98. The Kier molecular flexibility index (Phi) is 7.49. The lowest BCUT2D eigenvalue weighted by Gasteiger charge is -2.37. The Morgan fingerprint density at radius 2 is 1.74 bits per heavy atom. The molecule has 0 aliphatic carbocycles. The lowest BCUT2D eigenvalue weighted by Crippen LogP contribution is -2.48. The summed E-state index contributed by atoms with van der Waals surface area (Å²) in [4.78, 5) is 14.9. The summed E-state index contributed by atoms with van der Waals surface area (Å²) in [6.07, 6.45) is 0. The molecular weight excluding hydrogens is 416 g/mol. The third-order valence-corrected chi connectivity index (χ3v) is 5.28. The average molecular weight is 443 g/mol. The summed E-state index contributed by atoms with van der Waals surface area (Å²) in [6.45, 7) is 2.33. The SMILES string of the molecule is COCCOC(=O)C1=C(C)N(c2ccc(OC)cc2)C(=S)NC1c1cccc(OC)c1. The fourth-order valence-electron chi connectivity index (χ4n) is 3.42. The van der Waals surface area contributed by atoms with Gasteiger partial charge in [-0.05, 0) is 61.1 Å². The highest BCUT2D eigenvalue weighted by molar-refractivity contribution is 7.80. The van der Waals surface area contributed by atoms with Gasteiger partial charge in [0, 0.05) is 18.5 Å². The highest BCUT2D eigenvalue weighted by Gasteiger charge is 2.35. The van der Waals surface area contributed by atoms with Crippen LogP contribution in [0.5, 0.6) is 11.5 Å². The van der Waals surface area contributed by atoms with Crippen LogP contribution >= 0.6 is 12.2 Å². The second-order valence-corrected chi connectivity index (χ2v) is 7.21. The van der Waals surface area contributed by atoms with Crippen LogP contribution in [0.1, 0.15) is 18.5 Å². The number of nitrogens with one attached hydrogen (secondary N) is 1. The molecule has 31 heavy (non-hydrogen) atoms. The summed E-state index contributed by atoms with van der Waals surface area (Å²) in [5, 5.41) is 3.77. The second kappa shape index (κ2) is 10.3. The van der Waals surface area contributed by atoms with E-state index >= 15 is 0 Å². The Morgan fingerprint density at radius 1 is 1.03 bits per heavy atom. The largest absolute Gasteiger partial charge is 0.497 e. The van der Waals surface area contributed by atoms with Crippen molar-refractivity contribution >= 4 is 29.0 Å². The molecule has 3 rings (SSSR count). The molecule has 164 valence electrons. The number of nitrogens with zero attached hydrogens (tertiary/aromatic N) is 1. The van der Waals surface area contributed by atoms with Gasteiger partial charge >= 0.3 is 5.97 Å². The van der Waals surface area contributed by atoms with Crippen molar-refractivity contribution in [2.24, 2.45) is 0 Å². The van der Waals surface area contributed by atoms with Gasteiger partial charge in [0.1, 0.15) is 18.1 Å². The summed E-state index contributed by atoms with van der Waals surface area (Å²) < 4.78 is 21.1. The summed E-state index contributed by atoms with van der Waals surface area (Å²) in [7, 11) is 4.77. The van der Waals surface area contributed by atoms with Crippen LogP contribution in [0.2, 0.25) is 0 Å². The number of esters is 1. The summed E-state index contributed by atoms with van der Waals surface area (Å²) in [5.74, 6) is 0.984. The number of carbonyl (C=O) groups excluding carboxylic acids is 1. The predicted molar refractivity (Wildman–Crippen MR) is 122 cm³/mol. The predicted octanol–water partition coefficient (Wildman–Crippen LogP) is 3.60. The quantitative estimate of drug-likeness (QED) is 0.378. The number of allylic oxidation sites excluding steroid dienone is 1. The standard InChI is InChI=1S/C23H26N2O5S/c1-15-20(22(26)30-13-12-27-2)21(16-6-5-7-19(14-16)29-4)24-23(31)25(15)17-8-10-18(28-3)11-9-17/h5-11,14,21H,12-13H2,1-4H3,(H,24,31). The molecule has 0 saturated carbocycles.